The van der Waals surface area contributed by atoms with Crippen molar-refractivity contribution in [2.24, 2.45) is 0 Å². The molecule has 74 valence electrons. The molecular weight excluding hydrogens is 188 g/mol. The topological polar surface area (TPSA) is 9.23 Å². The largest absolute Gasteiger partial charge is 0.415 e. The molecule has 0 aromatic carbocycles. The van der Waals surface area contributed by atoms with E-state index in [0.717, 1.165) is 18.7 Å². The van der Waals surface area contributed by atoms with Crippen LogP contribution < -0.4 is 0 Å². The van der Waals surface area contributed by atoms with Crippen molar-refractivity contribution in [3.63, 3.8) is 0 Å². The third-order valence-electron chi connectivity index (χ3n) is 2.01. The zero-order valence-electron chi connectivity index (χ0n) is 8.69. The third-order valence-corrected chi connectivity index (χ3v) is 4.87. The number of hydrogen-bond donors (Lipinski definition) is 0. The zero-order chi connectivity index (χ0) is 9.61. The Morgan fingerprint density at radius 3 is 2.42 bits per heavy atom. The fourth-order valence-electron chi connectivity index (χ4n) is 1.18. The molecule has 0 saturated heterocycles. The molecule has 0 heterocycles. The van der Waals surface area contributed by atoms with E-state index in [2.05, 4.69) is 26.9 Å². The molecule has 0 radical (unpaired) electrons. The minimum atomic E-state index is -1.39. The summed E-state index contributed by atoms with van der Waals surface area (Å²) in [7, 11) is -1.39. The predicted octanol–water partition coefficient (Wildman–Crippen LogP) is 3.64. The Bertz CT molecular complexity index is 117. The van der Waals surface area contributed by atoms with Crippen molar-refractivity contribution < 1.29 is 4.43 Å². The maximum atomic E-state index is 5.97. The molecule has 0 amide bonds. The van der Waals surface area contributed by atoms with Crippen LogP contribution in [-0.4, -0.2) is 20.3 Å². The van der Waals surface area contributed by atoms with Gasteiger partial charge in [0.15, 0.2) is 8.32 Å². The number of hydrogen-bond acceptors (Lipinski definition) is 1. The quantitative estimate of drug-likeness (QED) is 0.479. The molecule has 0 rings (SSSR count). The summed E-state index contributed by atoms with van der Waals surface area (Å²) in [5, 5.41) is 0. The second kappa shape index (κ2) is 6.00. The van der Waals surface area contributed by atoms with E-state index in [4.69, 9.17) is 16.0 Å². The van der Waals surface area contributed by atoms with Crippen molar-refractivity contribution in [3.05, 3.63) is 0 Å². The Hall–Kier alpha value is 0.467. The van der Waals surface area contributed by atoms with Crippen LogP contribution in [0, 0.1) is 0 Å². The van der Waals surface area contributed by atoms with Crippen LogP contribution in [0.15, 0.2) is 0 Å². The van der Waals surface area contributed by atoms with Gasteiger partial charge in [0.1, 0.15) is 0 Å². The van der Waals surface area contributed by atoms with Gasteiger partial charge in [0.05, 0.1) is 0 Å². The van der Waals surface area contributed by atoms with Gasteiger partial charge >= 0.3 is 0 Å². The highest BCUT2D eigenvalue weighted by atomic mass is 35.5. The van der Waals surface area contributed by atoms with Crippen LogP contribution in [0.2, 0.25) is 19.1 Å². The molecule has 0 bridgehead atoms. The molecule has 1 atom stereocenters. The average Bonchev–Trinajstić information content (AvgIpc) is 2.00. The fraction of sp³-hybridized carbons (Fsp3) is 1.00. The van der Waals surface area contributed by atoms with E-state index < -0.39 is 8.32 Å². The van der Waals surface area contributed by atoms with Gasteiger partial charge in [-0.1, -0.05) is 6.92 Å². The normalized spacial score (nSPS) is 14.8. The van der Waals surface area contributed by atoms with Crippen LogP contribution in [0.1, 0.15) is 26.7 Å². The second-order valence-corrected chi connectivity index (χ2v) is 8.52. The van der Waals surface area contributed by atoms with E-state index in [0.29, 0.717) is 6.10 Å². The molecule has 0 saturated carbocycles. The smallest absolute Gasteiger partial charge is 0.187 e. The summed E-state index contributed by atoms with van der Waals surface area (Å²) in [4.78, 5) is 0. The van der Waals surface area contributed by atoms with Crippen LogP contribution in [0.4, 0.5) is 0 Å². The van der Waals surface area contributed by atoms with Gasteiger partial charge in [-0.05, 0) is 38.9 Å². The molecule has 0 aliphatic rings. The maximum absolute atomic E-state index is 5.97. The predicted molar refractivity (Wildman–Crippen MR) is 58.5 cm³/mol. The molecule has 3 heteroatoms. The average molecular weight is 209 g/mol. The Balaban J connectivity index is 3.69. The van der Waals surface area contributed by atoms with E-state index in [1.807, 2.05) is 0 Å². The van der Waals surface area contributed by atoms with Crippen molar-refractivity contribution in [1.29, 1.82) is 0 Å². The van der Waals surface area contributed by atoms with Crippen LogP contribution in [0.25, 0.3) is 0 Å². The van der Waals surface area contributed by atoms with E-state index >= 15 is 0 Å². The van der Waals surface area contributed by atoms with Gasteiger partial charge in [0.25, 0.3) is 0 Å². The van der Waals surface area contributed by atoms with Crippen LogP contribution >= 0.6 is 11.6 Å². The van der Waals surface area contributed by atoms with Gasteiger partial charge in [0.2, 0.25) is 0 Å². The van der Waals surface area contributed by atoms with Gasteiger partial charge in [-0.25, -0.2) is 0 Å². The summed E-state index contributed by atoms with van der Waals surface area (Å²) in [6.07, 6.45) is 2.62. The SMILES string of the molecule is CCC(C)O[Si](C)(C)CCCCl. The van der Waals surface area contributed by atoms with Crippen molar-refractivity contribution in [2.75, 3.05) is 5.88 Å². The van der Waals surface area contributed by atoms with Gasteiger partial charge in [-0.2, -0.15) is 0 Å². The summed E-state index contributed by atoms with van der Waals surface area (Å²) in [5.74, 6) is 0.764. The Morgan fingerprint density at radius 1 is 1.42 bits per heavy atom. The highest BCUT2D eigenvalue weighted by Crippen LogP contribution is 2.17. The summed E-state index contributed by atoms with van der Waals surface area (Å²) in [6.45, 7) is 8.85. The summed E-state index contributed by atoms with van der Waals surface area (Å²) in [5.41, 5.74) is 0. The van der Waals surface area contributed by atoms with Crippen LogP contribution in [0.3, 0.4) is 0 Å². The van der Waals surface area contributed by atoms with Gasteiger partial charge in [-0.15, -0.1) is 11.6 Å². The third kappa shape index (κ3) is 6.04. The van der Waals surface area contributed by atoms with Crippen LogP contribution in [-0.2, 0) is 4.43 Å². The zero-order valence-corrected chi connectivity index (χ0v) is 10.4. The molecule has 0 aromatic rings. The maximum Gasteiger partial charge on any atom is 0.187 e. The first-order chi connectivity index (χ1) is 5.52. The standard InChI is InChI=1S/C9H21ClOSi/c1-5-9(2)11-12(3,4)8-6-7-10/h9H,5-8H2,1-4H3. The minimum Gasteiger partial charge on any atom is -0.415 e. The molecule has 1 nitrogen and oxygen atoms in total. The van der Waals surface area contributed by atoms with E-state index in [9.17, 15) is 0 Å². The first kappa shape index (κ1) is 12.5. The fourth-order valence-corrected chi connectivity index (χ4v) is 3.94. The molecule has 0 fully saturated rings. The highest BCUT2D eigenvalue weighted by Gasteiger charge is 2.23. The van der Waals surface area contributed by atoms with Gasteiger partial charge in [0, 0.05) is 12.0 Å². The molecule has 0 aromatic heterocycles. The molecule has 0 N–H and O–H groups in total. The Labute approximate surface area is 82.6 Å². The van der Waals surface area contributed by atoms with Gasteiger partial charge in [-0.3, -0.25) is 0 Å². The number of halogens is 1. The van der Waals surface area contributed by atoms with E-state index in [1.54, 1.807) is 0 Å². The lowest BCUT2D eigenvalue weighted by atomic mass is 10.3. The molecule has 1 unspecified atom stereocenters. The second-order valence-electron chi connectivity index (χ2n) is 3.89. The van der Waals surface area contributed by atoms with Crippen molar-refractivity contribution >= 4 is 19.9 Å². The minimum absolute atomic E-state index is 0.419. The lowest BCUT2D eigenvalue weighted by Crippen LogP contribution is -2.34. The van der Waals surface area contributed by atoms with E-state index in [-0.39, 0.29) is 0 Å². The molecule has 0 aliphatic heterocycles. The first-order valence-corrected chi connectivity index (χ1v) is 8.40. The summed E-state index contributed by atoms with van der Waals surface area (Å²) in [6, 6.07) is 1.18. The van der Waals surface area contributed by atoms with Crippen molar-refractivity contribution in [3.8, 4) is 0 Å². The number of rotatable bonds is 6. The highest BCUT2D eigenvalue weighted by molar-refractivity contribution is 6.71. The van der Waals surface area contributed by atoms with Gasteiger partial charge < -0.3 is 4.43 Å². The van der Waals surface area contributed by atoms with Crippen molar-refractivity contribution in [2.45, 2.75) is 51.9 Å². The Morgan fingerprint density at radius 2 is 2.00 bits per heavy atom. The molecule has 12 heavy (non-hydrogen) atoms. The van der Waals surface area contributed by atoms with E-state index in [1.165, 1.54) is 6.04 Å². The first-order valence-electron chi connectivity index (χ1n) is 4.75. The molecule has 0 spiro atoms. The van der Waals surface area contributed by atoms with Crippen molar-refractivity contribution in [1.82, 2.24) is 0 Å². The molecular formula is C9H21ClOSi. The Kier molecular flexibility index (Phi) is 6.24. The summed E-state index contributed by atoms with van der Waals surface area (Å²) >= 11 is 5.64. The summed E-state index contributed by atoms with van der Waals surface area (Å²) < 4.78 is 5.97. The lowest BCUT2D eigenvalue weighted by molar-refractivity contribution is 0.206. The number of alkyl halides is 1. The molecule has 0 aliphatic carbocycles. The van der Waals surface area contributed by atoms with Crippen LogP contribution in [0.5, 0.6) is 0 Å². The monoisotopic (exact) mass is 208 g/mol. The lowest BCUT2D eigenvalue weighted by Gasteiger charge is -2.26.